The van der Waals surface area contributed by atoms with Gasteiger partial charge in [0.15, 0.2) is 0 Å². The number of ether oxygens (including phenoxy) is 2. The molecule has 1 rings (SSSR count). The van der Waals surface area contributed by atoms with Crippen LogP contribution in [0.4, 0.5) is 5.69 Å². The molecule has 2 N–H and O–H groups in total. The van der Waals surface area contributed by atoms with Gasteiger partial charge in [-0.1, -0.05) is 12.1 Å². The third-order valence-electron chi connectivity index (χ3n) is 3.27. The second kappa shape index (κ2) is 6.57. The number of benzene rings is 1. The molecule has 0 aliphatic heterocycles. The van der Waals surface area contributed by atoms with Crippen molar-refractivity contribution in [3.05, 3.63) is 29.8 Å². The average molecular weight is 265 g/mol. The van der Waals surface area contributed by atoms with Gasteiger partial charge in [0.1, 0.15) is 0 Å². The normalized spacial score (nSPS) is 13.1. The molecule has 0 aliphatic rings. The van der Waals surface area contributed by atoms with Crippen LogP contribution >= 0.6 is 0 Å². The first-order valence-electron chi connectivity index (χ1n) is 6.43. The van der Waals surface area contributed by atoms with Crippen molar-refractivity contribution in [1.29, 1.82) is 0 Å². The van der Waals surface area contributed by atoms with E-state index in [0.717, 1.165) is 5.56 Å². The van der Waals surface area contributed by atoms with Gasteiger partial charge in [0, 0.05) is 19.2 Å². The lowest BCUT2D eigenvalue weighted by atomic mass is 10.0. The van der Waals surface area contributed by atoms with E-state index >= 15 is 0 Å². The lowest BCUT2D eigenvalue weighted by Gasteiger charge is -2.22. The fourth-order valence-corrected chi connectivity index (χ4v) is 1.59. The molecule has 4 heteroatoms. The van der Waals surface area contributed by atoms with Crippen LogP contribution < -0.4 is 5.73 Å². The maximum absolute atomic E-state index is 11.9. The maximum Gasteiger partial charge on any atom is 0.313 e. The zero-order valence-corrected chi connectivity index (χ0v) is 12.1. The number of hydrogen-bond donors (Lipinski definition) is 1. The summed E-state index contributed by atoms with van der Waals surface area (Å²) < 4.78 is 10.5. The highest BCUT2D eigenvalue weighted by Crippen LogP contribution is 2.20. The smallest absolute Gasteiger partial charge is 0.313 e. The van der Waals surface area contributed by atoms with E-state index in [2.05, 4.69) is 0 Å². The Kier molecular flexibility index (Phi) is 5.36. The lowest BCUT2D eigenvalue weighted by molar-refractivity contribution is -0.146. The van der Waals surface area contributed by atoms with Crippen LogP contribution in [0.25, 0.3) is 0 Å². The molecule has 0 bridgehead atoms. The van der Waals surface area contributed by atoms with Gasteiger partial charge in [0.05, 0.1) is 18.1 Å². The molecule has 0 fully saturated rings. The molecule has 4 nitrogen and oxygen atoms in total. The summed E-state index contributed by atoms with van der Waals surface area (Å²) in [6.45, 7) is 6.09. The molecule has 1 atom stereocenters. The molecule has 0 saturated heterocycles. The number of nitrogens with two attached hydrogens (primary N) is 1. The van der Waals surface area contributed by atoms with Crippen molar-refractivity contribution in [3.8, 4) is 0 Å². The van der Waals surface area contributed by atoms with Crippen LogP contribution in [0.2, 0.25) is 0 Å². The third-order valence-corrected chi connectivity index (χ3v) is 3.27. The highest BCUT2D eigenvalue weighted by atomic mass is 16.5. The summed E-state index contributed by atoms with van der Waals surface area (Å²) in [7, 11) is 1.65. The largest absolute Gasteiger partial charge is 0.465 e. The molecule has 1 unspecified atom stereocenters. The monoisotopic (exact) mass is 265 g/mol. The Labute approximate surface area is 114 Å². The van der Waals surface area contributed by atoms with Gasteiger partial charge in [-0.3, -0.25) is 4.79 Å². The van der Waals surface area contributed by atoms with Crippen LogP contribution in [0.1, 0.15) is 38.7 Å². The standard InChI is InChI=1S/C15H23NO3/c1-11(12-6-5-7-13(16)10-12)14(17)19-9-8-15(2,3)18-4/h5-7,10-11H,8-9,16H2,1-4H3. The topological polar surface area (TPSA) is 61.5 Å². The Morgan fingerprint density at radius 3 is 2.68 bits per heavy atom. The van der Waals surface area contributed by atoms with Crippen molar-refractivity contribution in [1.82, 2.24) is 0 Å². The molecule has 0 spiro atoms. The molecule has 0 saturated carbocycles. The van der Waals surface area contributed by atoms with E-state index in [-0.39, 0.29) is 17.5 Å². The van der Waals surface area contributed by atoms with E-state index < -0.39 is 0 Å². The second-order valence-electron chi connectivity index (χ2n) is 5.27. The minimum atomic E-state index is -0.311. The minimum absolute atomic E-state index is 0.238. The van der Waals surface area contributed by atoms with Gasteiger partial charge in [-0.2, -0.15) is 0 Å². The van der Waals surface area contributed by atoms with Crippen molar-refractivity contribution in [3.63, 3.8) is 0 Å². The molecule has 0 amide bonds. The molecular formula is C15H23NO3. The summed E-state index contributed by atoms with van der Waals surface area (Å²) in [5.74, 6) is -0.549. The van der Waals surface area contributed by atoms with E-state index in [4.69, 9.17) is 15.2 Å². The van der Waals surface area contributed by atoms with Crippen molar-refractivity contribution >= 4 is 11.7 Å². The van der Waals surface area contributed by atoms with Gasteiger partial charge in [0.25, 0.3) is 0 Å². The molecule has 0 aliphatic carbocycles. The fourth-order valence-electron chi connectivity index (χ4n) is 1.59. The Morgan fingerprint density at radius 1 is 1.42 bits per heavy atom. The molecule has 1 aromatic carbocycles. The van der Waals surface area contributed by atoms with Crippen molar-refractivity contribution in [2.45, 2.75) is 38.7 Å². The van der Waals surface area contributed by atoms with Crippen LogP contribution in [0.3, 0.4) is 0 Å². The van der Waals surface area contributed by atoms with Crippen LogP contribution in [0.15, 0.2) is 24.3 Å². The summed E-state index contributed by atoms with van der Waals surface area (Å²) in [4.78, 5) is 11.9. The number of anilines is 1. The van der Waals surface area contributed by atoms with Gasteiger partial charge < -0.3 is 15.2 Å². The van der Waals surface area contributed by atoms with Gasteiger partial charge in [-0.25, -0.2) is 0 Å². The molecule has 0 aromatic heterocycles. The molecule has 1 aromatic rings. The summed E-state index contributed by atoms with van der Waals surface area (Å²) >= 11 is 0. The lowest BCUT2D eigenvalue weighted by Crippen LogP contribution is -2.26. The van der Waals surface area contributed by atoms with E-state index in [1.807, 2.05) is 32.9 Å². The number of hydrogen-bond acceptors (Lipinski definition) is 4. The summed E-state index contributed by atoms with van der Waals surface area (Å²) in [5, 5.41) is 0. The molecule has 106 valence electrons. The Bertz CT molecular complexity index is 429. The van der Waals surface area contributed by atoms with Crippen LogP contribution in [0, 0.1) is 0 Å². The SMILES string of the molecule is COC(C)(C)CCOC(=O)C(C)c1cccc(N)c1. The maximum atomic E-state index is 11.9. The quantitative estimate of drug-likeness (QED) is 0.634. The number of methoxy groups -OCH3 is 1. The fraction of sp³-hybridized carbons (Fsp3) is 0.533. The second-order valence-corrected chi connectivity index (χ2v) is 5.27. The van der Waals surface area contributed by atoms with Crippen molar-refractivity contribution in [2.75, 3.05) is 19.5 Å². The first-order valence-corrected chi connectivity index (χ1v) is 6.43. The molecule has 19 heavy (non-hydrogen) atoms. The Hall–Kier alpha value is -1.55. The van der Waals surface area contributed by atoms with Gasteiger partial charge >= 0.3 is 5.97 Å². The molecular weight excluding hydrogens is 242 g/mol. The number of rotatable bonds is 6. The van der Waals surface area contributed by atoms with Crippen molar-refractivity contribution in [2.24, 2.45) is 0 Å². The van der Waals surface area contributed by atoms with Crippen LogP contribution in [0.5, 0.6) is 0 Å². The number of esters is 1. The zero-order chi connectivity index (χ0) is 14.5. The minimum Gasteiger partial charge on any atom is -0.465 e. The first-order chi connectivity index (χ1) is 8.85. The predicted octanol–water partition coefficient (Wildman–Crippen LogP) is 2.73. The number of carbonyl (C=O) groups excluding carboxylic acids is 1. The van der Waals surface area contributed by atoms with E-state index in [0.29, 0.717) is 18.7 Å². The summed E-state index contributed by atoms with van der Waals surface area (Å²) in [6.07, 6.45) is 0.666. The Balaban J connectivity index is 2.50. The predicted molar refractivity (Wildman–Crippen MR) is 75.9 cm³/mol. The summed E-state index contributed by atoms with van der Waals surface area (Å²) in [6, 6.07) is 7.30. The highest BCUT2D eigenvalue weighted by molar-refractivity contribution is 5.78. The Morgan fingerprint density at radius 2 is 2.11 bits per heavy atom. The molecule has 0 heterocycles. The van der Waals surface area contributed by atoms with E-state index in [9.17, 15) is 4.79 Å². The van der Waals surface area contributed by atoms with Gasteiger partial charge in [0.2, 0.25) is 0 Å². The van der Waals surface area contributed by atoms with Gasteiger partial charge in [-0.05, 0) is 38.5 Å². The highest BCUT2D eigenvalue weighted by Gasteiger charge is 2.20. The average Bonchev–Trinajstić information content (AvgIpc) is 2.37. The first kappa shape index (κ1) is 15.5. The number of carbonyl (C=O) groups is 1. The third kappa shape index (κ3) is 4.91. The van der Waals surface area contributed by atoms with Gasteiger partial charge in [-0.15, -0.1) is 0 Å². The summed E-state index contributed by atoms with van der Waals surface area (Å²) in [5.41, 5.74) is 6.95. The number of nitrogen functional groups attached to an aromatic ring is 1. The molecule has 0 radical (unpaired) electrons. The zero-order valence-electron chi connectivity index (χ0n) is 12.1. The van der Waals surface area contributed by atoms with E-state index in [1.165, 1.54) is 0 Å². The van der Waals surface area contributed by atoms with E-state index in [1.54, 1.807) is 19.2 Å². The van der Waals surface area contributed by atoms with Crippen LogP contribution in [-0.4, -0.2) is 25.3 Å². The van der Waals surface area contributed by atoms with Crippen LogP contribution in [-0.2, 0) is 14.3 Å². The van der Waals surface area contributed by atoms with Crippen molar-refractivity contribution < 1.29 is 14.3 Å².